The first-order chi connectivity index (χ1) is 31.8. The number of amides is 2. The summed E-state index contributed by atoms with van der Waals surface area (Å²) in [7, 11) is 3.67. The molecule has 20 heteroatoms. The van der Waals surface area contributed by atoms with Gasteiger partial charge in [-0.2, -0.15) is 0 Å². The van der Waals surface area contributed by atoms with Crippen LogP contribution in [0.5, 0.6) is 0 Å². The van der Waals surface area contributed by atoms with Gasteiger partial charge >= 0.3 is 17.9 Å². The second-order valence-corrected chi connectivity index (χ2v) is 16.8. The van der Waals surface area contributed by atoms with Crippen molar-refractivity contribution in [2.45, 2.75) is 147 Å². The molecule has 1 aromatic carbocycles. The lowest BCUT2D eigenvalue weighted by molar-refractivity contribution is -0.249. The van der Waals surface area contributed by atoms with Gasteiger partial charge < -0.3 is 49.1 Å². The van der Waals surface area contributed by atoms with Crippen molar-refractivity contribution in [1.82, 2.24) is 35.1 Å². The third kappa shape index (κ3) is 14.7. The Morgan fingerprint density at radius 2 is 1.58 bits per heavy atom. The Morgan fingerprint density at radius 3 is 2.29 bits per heavy atom. The quantitative estimate of drug-likeness (QED) is 0.0420. The van der Waals surface area contributed by atoms with Crippen molar-refractivity contribution in [2.75, 3.05) is 33.9 Å². The van der Waals surface area contributed by atoms with Crippen molar-refractivity contribution in [2.24, 2.45) is 10.9 Å². The van der Waals surface area contributed by atoms with Crippen LogP contribution < -0.4 is 10.6 Å². The molecule has 0 aliphatic carbocycles. The summed E-state index contributed by atoms with van der Waals surface area (Å²) in [6, 6.07) is 7.98. The van der Waals surface area contributed by atoms with Crippen LogP contribution in [-0.4, -0.2) is 142 Å². The molecule has 1 unspecified atom stereocenters. The fourth-order valence-electron chi connectivity index (χ4n) is 8.02. The molecular formula is C46H66N8O12. The standard InChI is InChI=1S/C46H66N8O12/c1-7-32-29(3)39(66-45(60)31-18-12-11-13-19-31)37(52-30(4)55)46(64-32)62-25-17-14-20-34(56)47-23-15-9-10-16-24-61-40-33(8-2)63-44(41(40)65-36(59)22-21-35(57)58)54-28-50-38-42(51-27-53(5)6)48-26-49-43(38)54/h11-13,18-19,26-29,32-33,37,39-41,44,46H,7-10,14-17,20-25H2,1-6H3,(H,47,56)(H,52,55)(H,57,58)/t29-,32+,33+,37+,39-,40-,41?,44+,46+/m0/s1. The first-order valence-corrected chi connectivity index (χ1v) is 22.9. The number of aliphatic carboxylic acids is 1. The van der Waals surface area contributed by atoms with Gasteiger partial charge in [-0.3, -0.25) is 23.7 Å². The molecule has 362 valence electrons. The predicted octanol–water partition coefficient (Wildman–Crippen LogP) is 4.88. The van der Waals surface area contributed by atoms with Gasteiger partial charge in [0.25, 0.3) is 0 Å². The van der Waals surface area contributed by atoms with Crippen LogP contribution in [0.4, 0.5) is 5.82 Å². The van der Waals surface area contributed by atoms with Crippen LogP contribution in [0.3, 0.4) is 0 Å². The van der Waals surface area contributed by atoms with Gasteiger partial charge in [0, 0.05) is 53.1 Å². The molecule has 3 aromatic rings. The molecule has 2 fully saturated rings. The maximum absolute atomic E-state index is 13.0. The molecule has 66 heavy (non-hydrogen) atoms. The molecule has 5 rings (SSSR count). The van der Waals surface area contributed by atoms with Crippen molar-refractivity contribution < 1.29 is 57.5 Å². The van der Waals surface area contributed by atoms with E-state index >= 15 is 0 Å². The van der Waals surface area contributed by atoms with E-state index in [4.69, 9.17) is 33.5 Å². The van der Waals surface area contributed by atoms with Crippen molar-refractivity contribution in [3.63, 3.8) is 0 Å². The van der Waals surface area contributed by atoms with Crippen LogP contribution in [0.15, 0.2) is 48.0 Å². The maximum atomic E-state index is 13.0. The zero-order valence-electron chi connectivity index (χ0n) is 38.8. The zero-order valence-corrected chi connectivity index (χ0v) is 38.8. The predicted molar refractivity (Wildman–Crippen MR) is 240 cm³/mol. The van der Waals surface area contributed by atoms with E-state index in [2.05, 4.69) is 30.6 Å². The van der Waals surface area contributed by atoms with Gasteiger partial charge in [-0.25, -0.2) is 24.7 Å². The number of unbranched alkanes of at least 4 members (excludes halogenated alkanes) is 4. The Balaban J connectivity index is 1.04. The highest BCUT2D eigenvalue weighted by atomic mass is 16.7. The van der Waals surface area contributed by atoms with E-state index < -0.39 is 60.9 Å². The summed E-state index contributed by atoms with van der Waals surface area (Å²) < 4.78 is 38.7. The minimum atomic E-state index is -1.11. The second-order valence-electron chi connectivity index (χ2n) is 16.8. The van der Waals surface area contributed by atoms with Crippen molar-refractivity contribution in [3.8, 4) is 0 Å². The van der Waals surface area contributed by atoms with E-state index in [-0.39, 0.29) is 43.3 Å². The Kier molecular flexibility index (Phi) is 20.2. The summed E-state index contributed by atoms with van der Waals surface area (Å²) in [5, 5.41) is 15.0. The smallest absolute Gasteiger partial charge is 0.338 e. The third-order valence-electron chi connectivity index (χ3n) is 11.4. The highest BCUT2D eigenvalue weighted by molar-refractivity contribution is 5.89. The lowest BCUT2D eigenvalue weighted by Crippen LogP contribution is -2.62. The van der Waals surface area contributed by atoms with Gasteiger partial charge in [0.2, 0.25) is 11.8 Å². The summed E-state index contributed by atoms with van der Waals surface area (Å²) in [4.78, 5) is 81.4. The van der Waals surface area contributed by atoms with Crippen LogP contribution in [0.1, 0.15) is 115 Å². The molecule has 0 spiro atoms. The second kappa shape index (κ2) is 25.9. The van der Waals surface area contributed by atoms with Crippen molar-refractivity contribution in [3.05, 3.63) is 48.5 Å². The number of hydrogen-bond acceptors (Lipinski definition) is 15. The summed E-state index contributed by atoms with van der Waals surface area (Å²) >= 11 is 0. The van der Waals surface area contributed by atoms with Gasteiger partial charge in [0.05, 0.1) is 43.3 Å². The SMILES string of the molecule is CC[C@H]1O[C@@H](OCCCCC(=O)NCCCCCCO[C@@H]2C(OC(=O)CCC(=O)O)[C@H](n3cnc4c(N=CN(C)C)ncnc43)O[C@@H]2CC)[C@H](NC(C)=O)[C@@H](OC(=O)c2ccccc2)[C@H]1C. The minimum Gasteiger partial charge on any atom is -0.481 e. The number of carbonyl (C=O) groups is 5. The Hall–Kier alpha value is -5.57. The van der Waals surface area contributed by atoms with Crippen molar-refractivity contribution >= 4 is 53.0 Å². The molecule has 20 nitrogen and oxygen atoms in total. The van der Waals surface area contributed by atoms with E-state index in [0.717, 1.165) is 19.3 Å². The number of imidazole rings is 1. The van der Waals surface area contributed by atoms with Crippen LogP contribution in [-0.2, 0) is 47.6 Å². The molecule has 0 saturated carbocycles. The normalized spacial score (nSPS) is 24.0. The Labute approximate surface area is 385 Å². The summed E-state index contributed by atoms with van der Waals surface area (Å²) in [5.41, 5.74) is 1.26. The van der Waals surface area contributed by atoms with Gasteiger partial charge in [-0.1, -0.05) is 51.8 Å². The topological polar surface area (TPSA) is 244 Å². The largest absolute Gasteiger partial charge is 0.481 e. The number of esters is 2. The summed E-state index contributed by atoms with van der Waals surface area (Å²) in [5.74, 6) is -2.49. The van der Waals surface area contributed by atoms with E-state index in [0.29, 0.717) is 74.2 Å². The highest BCUT2D eigenvalue weighted by Gasteiger charge is 2.49. The average Bonchev–Trinajstić information content (AvgIpc) is 3.88. The molecule has 2 amide bonds. The number of nitrogens with one attached hydrogen (secondary N) is 2. The summed E-state index contributed by atoms with van der Waals surface area (Å²) in [6.07, 6.45) is 5.05. The monoisotopic (exact) mass is 922 g/mol. The molecule has 0 bridgehead atoms. The molecule has 2 saturated heterocycles. The lowest BCUT2D eigenvalue weighted by Gasteiger charge is -2.45. The van der Waals surface area contributed by atoms with Crippen LogP contribution in [0.25, 0.3) is 11.2 Å². The highest BCUT2D eigenvalue weighted by Crippen LogP contribution is 2.38. The number of aliphatic imine (C=N–C) groups is 1. The van der Waals surface area contributed by atoms with E-state index in [1.807, 2.05) is 40.9 Å². The number of carboxylic acids is 1. The number of hydrogen-bond donors (Lipinski definition) is 3. The van der Waals surface area contributed by atoms with E-state index in [1.54, 1.807) is 40.1 Å². The van der Waals surface area contributed by atoms with Crippen LogP contribution in [0, 0.1) is 5.92 Å². The van der Waals surface area contributed by atoms with Crippen LogP contribution >= 0.6 is 0 Å². The third-order valence-corrected chi connectivity index (χ3v) is 11.4. The fourth-order valence-corrected chi connectivity index (χ4v) is 8.02. The van der Waals surface area contributed by atoms with E-state index in [9.17, 15) is 24.0 Å². The minimum absolute atomic E-state index is 0.0591. The summed E-state index contributed by atoms with van der Waals surface area (Å²) in [6.45, 7) is 8.43. The number of carboxylic acid groups (broad SMARTS) is 1. The number of fused-ring (bicyclic) bond motifs is 1. The molecule has 2 aliphatic heterocycles. The first-order valence-electron chi connectivity index (χ1n) is 22.9. The molecule has 0 radical (unpaired) electrons. The molecule has 3 N–H and O–H groups in total. The number of nitrogens with zero attached hydrogens (tertiary/aromatic N) is 6. The van der Waals surface area contributed by atoms with E-state index in [1.165, 1.54) is 19.6 Å². The Bertz CT molecular complexity index is 2070. The van der Waals surface area contributed by atoms with Gasteiger partial charge in [-0.05, 0) is 50.7 Å². The van der Waals surface area contributed by atoms with Crippen molar-refractivity contribution in [1.29, 1.82) is 0 Å². The molecular weight excluding hydrogens is 857 g/mol. The van der Waals surface area contributed by atoms with Gasteiger partial charge in [0.1, 0.15) is 24.6 Å². The zero-order chi connectivity index (χ0) is 47.6. The Morgan fingerprint density at radius 1 is 0.848 bits per heavy atom. The molecule has 9 atom stereocenters. The average molecular weight is 923 g/mol. The number of rotatable bonds is 26. The van der Waals surface area contributed by atoms with Gasteiger partial charge in [0.15, 0.2) is 35.6 Å². The van der Waals surface area contributed by atoms with Crippen LogP contribution in [0.2, 0.25) is 0 Å². The molecule has 4 heterocycles. The first kappa shape index (κ1) is 51.4. The number of aromatic nitrogens is 4. The number of benzene rings is 1. The maximum Gasteiger partial charge on any atom is 0.338 e. The number of ether oxygens (including phenoxy) is 6. The number of carbonyl (C=O) groups excluding carboxylic acids is 4. The molecule has 2 aromatic heterocycles. The lowest BCUT2D eigenvalue weighted by atomic mass is 9.87. The molecule has 2 aliphatic rings. The fraction of sp³-hybridized carbons (Fsp3) is 0.630. The van der Waals surface area contributed by atoms with Gasteiger partial charge in [-0.15, -0.1) is 0 Å².